The van der Waals surface area contributed by atoms with E-state index in [1.54, 1.807) is 13.8 Å². The van der Waals surface area contributed by atoms with E-state index < -0.39 is 11.7 Å². The van der Waals surface area contributed by atoms with Crippen molar-refractivity contribution in [2.45, 2.75) is 161 Å². The largest absolute Gasteiger partial charge is 0.457 e. The monoisotopic (exact) mass is 615 g/mol. The van der Waals surface area contributed by atoms with Crippen LogP contribution in [0.1, 0.15) is 120 Å². The third-order valence-electron chi connectivity index (χ3n) is 15.3. The topological polar surface area (TPSA) is 77.5 Å². The summed E-state index contributed by atoms with van der Waals surface area (Å²) in [6.45, 7) is 15.4. The van der Waals surface area contributed by atoms with Gasteiger partial charge in [-0.1, -0.05) is 20.8 Å². The van der Waals surface area contributed by atoms with Gasteiger partial charge in [-0.3, -0.25) is 9.69 Å². The van der Waals surface area contributed by atoms with Crippen LogP contribution in [0.15, 0.2) is 0 Å². The minimum Gasteiger partial charge on any atom is -0.457 e. The van der Waals surface area contributed by atoms with Crippen LogP contribution in [0.2, 0.25) is 0 Å². The van der Waals surface area contributed by atoms with Gasteiger partial charge in [0.05, 0.1) is 30.5 Å². The lowest BCUT2D eigenvalue weighted by Crippen LogP contribution is -2.56. The summed E-state index contributed by atoms with van der Waals surface area (Å²) in [4.78, 5) is 14.5. The Hall–Kier alpha value is -0.730. The predicted molar refractivity (Wildman–Crippen MR) is 169 cm³/mol. The number of carbonyl (C=O) groups excluding carboxylic acids is 1. The molecule has 0 amide bonds. The molecule has 2 heterocycles. The highest BCUT2D eigenvalue weighted by Gasteiger charge is 2.80. The molecule has 1 N–H and O–H groups in total. The highest BCUT2D eigenvalue weighted by atomic mass is 16.7. The number of ether oxygens (including phenoxy) is 4. The molecule has 10 unspecified atom stereocenters. The summed E-state index contributed by atoms with van der Waals surface area (Å²) in [5, 5.41) is 10.9. The molecule has 0 aromatic heterocycles. The van der Waals surface area contributed by atoms with Gasteiger partial charge in [-0.05, 0) is 136 Å². The Kier molecular flexibility index (Phi) is 7.05. The van der Waals surface area contributed by atoms with E-state index in [1.807, 2.05) is 0 Å². The maximum absolute atomic E-state index is 11.9. The van der Waals surface area contributed by atoms with E-state index in [2.05, 4.69) is 25.7 Å². The molecular formula is C37H61NO6. The third kappa shape index (κ3) is 4.48. The Balaban J connectivity index is 0.00000325. The summed E-state index contributed by atoms with van der Waals surface area (Å²) in [5.41, 5.74) is 0.368. The molecule has 8 fully saturated rings. The lowest BCUT2D eigenvalue weighted by atomic mass is 9.46. The molecule has 8 aliphatic rings. The summed E-state index contributed by atoms with van der Waals surface area (Å²) in [6, 6.07) is 0.777. The Labute approximate surface area is 266 Å². The first-order valence-electron chi connectivity index (χ1n) is 18.3. The second kappa shape index (κ2) is 10.1. The van der Waals surface area contributed by atoms with Crippen molar-refractivity contribution < 1.29 is 30.3 Å². The zero-order chi connectivity index (χ0) is 30.9. The van der Waals surface area contributed by atoms with Crippen LogP contribution in [-0.2, 0) is 23.7 Å². The van der Waals surface area contributed by atoms with E-state index in [9.17, 15) is 9.90 Å². The van der Waals surface area contributed by atoms with Crippen molar-refractivity contribution in [3.8, 4) is 0 Å². The van der Waals surface area contributed by atoms with Crippen LogP contribution in [0.25, 0.3) is 0 Å². The normalized spacial score (nSPS) is 50.3. The fourth-order valence-corrected chi connectivity index (χ4v) is 13.2. The number of morpholine rings is 1. The van der Waals surface area contributed by atoms with Gasteiger partial charge >= 0.3 is 5.97 Å². The Morgan fingerprint density at radius 3 is 2.48 bits per heavy atom. The zero-order valence-electron chi connectivity index (χ0n) is 28.3. The van der Waals surface area contributed by atoms with Gasteiger partial charge in [0.1, 0.15) is 0 Å². The standard InChI is InChI=1S/C37H59NO6.H2/c1-22(39)42-32(34(4,5)40)27-11-9-25-28(43-27)19-26-24-10-12-29-33(2,3)30(44-31-20-38(17-18-41-31)23-7-8-23)13-14-37(29)21-36(24,37)16-15-35(25,26)6;/h23-32,40H,7-21H2,1-6H3;1H/t24?,25?,26?,27?,28?,29?,30-,31?,32-,35?,36?,37?;/m0./s1. The van der Waals surface area contributed by atoms with Crippen LogP contribution in [0.4, 0.5) is 0 Å². The predicted octanol–water partition coefficient (Wildman–Crippen LogP) is 6.35. The number of rotatable bonds is 6. The summed E-state index contributed by atoms with van der Waals surface area (Å²) in [5.74, 6) is 2.46. The Morgan fingerprint density at radius 2 is 1.75 bits per heavy atom. The average molecular weight is 616 g/mol. The van der Waals surface area contributed by atoms with Gasteiger partial charge in [0.15, 0.2) is 12.4 Å². The molecule has 8 rings (SSSR count). The van der Waals surface area contributed by atoms with Gasteiger partial charge in [0, 0.05) is 27.5 Å². The van der Waals surface area contributed by atoms with Crippen LogP contribution < -0.4 is 0 Å². The number of esters is 1. The van der Waals surface area contributed by atoms with E-state index in [0.717, 1.165) is 56.8 Å². The molecule has 0 aromatic carbocycles. The minimum atomic E-state index is -1.13. The molecule has 0 bridgehead atoms. The SMILES string of the molecule is CC(=O)O[C@@H](C1CCC2C(CC3C4CCC5C(C)(C)[C@@H](OC6CN(C7CC7)CCO6)CCC56CC46CCC23C)O1)C(C)(C)O.[HH]. The maximum atomic E-state index is 11.9. The maximum Gasteiger partial charge on any atom is 0.303 e. The van der Waals surface area contributed by atoms with Gasteiger partial charge < -0.3 is 24.1 Å². The molecule has 0 aromatic rings. The quantitative estimate of drug-likeness (QED) is 0.349. The lowest BCUT2D eigenvalue weighted by Gasteiger charge is -2.60. The molecule has 250 valence electrons. The van der Waals surface area contributed by atoms with Crippen molar-refractivity contribution >= 4 is 5.97 Å². The van der Waals surface area contributed by atoms with Crippen LogP contribution in [0.3, 0.4) is 0 Å². The van der Waals surface area contributed by atoms with Crippen LogP contribution >= 0.6 is 0 Å². The molecule has 2 spiro atoms. The first-order chi connectivity index (χ1) is 20.8. The van der Waals surface area contributed by atoms with Gasteiger partial charge in [0.2, 0.25) is 0 Å². The van der Waals surface area contributed by atoms with Crippen molar-refractivity contribution in [2.24, 2.45) is 45.3 Å². The molecule has 0 radical (unpaired) electrons. The van der Waals surface area contributed by atoms with Crippen molar-refractivity contribution in [1.82, 2.24) is 4.90 Å². The molecule has 44 heavy (non-hydrogen) atoms. The van der Waals surface area contributed by atoms with Crippen molar-refractivity contribution in [2.75, 3.05) is 19.7 Å². The zero-order valence-corrected chi connectivity index (χ0v) is 28.3. The van der Waals surface area contributed by atoms with E-state index in [-0.39, 0.29) is 37.4 Å². The Bertz CT molecular complexity index is 1150. The van der Waals surface area contributed by atoms with Crippen molar-refractivity contribution in [3.63, 3.8) is 0 Å². The second-order valence-corrected chi connectivity index (χ2v) is 18.2. The number of fused-ring (bicyclic) bond motifs is 4. The number of aliphatic hydroxyl groups is 1. The molecule has 12 atom stereocenters. The molecule has 2 saturated heterocycles. The van der Waals surface area contributed by atoms with Gasteiger partial charge in [-0.2, -0.15) is 0 Å². The van der Waals surface area contributed by atoms with Gasteiger partial charge in [0.25, 0.3) is 0 Å². The number of nitrogens with zero attached hydrogens (tertiary/aromatic N) is 1. The molecule has 2 aliphatic heterocycles. The summed E-state index contributed by atoms with van der Waals surface area (Å²) < 4.78 is 25.6. The van der Waals surface area contributed by atoms with Crippen molar-refractivity contribution in [1.29, 1.82) is 0 Å². The fourth-order valence-electron chi connectivity index (χ4n) is 13.2. The first-order valence-corrected chi connectivity index (χ1v) is 18.3. The lowest BCUT2D eigenvalue weighted by molar-refractivity contribution is -0.245. The smallest absolute Gasteiger partial charge is 0.303 e. The highest BCUT2D eigenvalue weighted by molar-refractivity contribution is 5.66. The fraction of sp³-hybridized carbons (Fsp3) is 0.973. The van der Waals surface area contributed by atoms with Crippen LogP contribution in [0, 0.1) is 45.3 Å². The van der Waals surface area contributed by atoms with Gasteiger partial charge in [-0.15, -0.1) is 0 Å². The molecule has 6 aliphatic carbocycles. The van der Waals surface area contributed by atoms with E-state index in [0.29, 0.717) is 28.1 Å². The molecular weight excluding hydrogens is 554 g/mol. The summed E-state index contributed by atoms with van der Waals surface area (Å²) in [6.07, 6.45) is 14.7. The van der Waals surface area contributed by atoms with E-state index in [1.165, 1.54) is 64.7 Å². The number of carbonyl (C=O) groups is 1. The van der Waals surface area contributed by atoms with Crippen LogP contribution in [-0.4, -0.2) is 78.0 Å². The molecule has 6 saturated carbocycles. The molecule has 7 nitrogen and oxygen atoms in total. The minimum absolute atomic E-state index is 0. The first kappa shape index (κ1) is 30.6. The summed E-state index contributed by atoms with van der Waals surface area (Å²) in [7, 11) is 0. The second-order valence-electron chi connectivity index (χ2n) is 18.2. The summed E-state index contributed by atoms with van der Waals surface area (Å²) >= 11 is 0. The number of hydrogen-bond acceptors (Lipinski definition) is 7. The average Bonchev–Trinajstić information content (AvgIpc) is 3.88. The van der Waals surface area contributed by atoms with Crippen molar-refractivity contribution in [3.05, 3.63) is 0 Å². The van der Waals surface area contributed by atoms with Crippen LogP contribution in [0.5, 0.6) is 0 Å². The van der Waals surface area contributed by atoms with E-state index >= 15 is 0 Å². The molecule has 7 heteroatoms. The highest BCUT2D eigenvalue weighted by Crippen LogP contribution is 2.87. The van der Waals surface area contributed by atoms with E-state index in [4.69, 9.17) is 18.9 Å². The number of hydrogen-bond donors (Lipinski definition) is 1. The third-order valence-corrected chi connectivity index (χ3v) is 15.3. The Morgan fingerprint density at radius 1 is 0.977 bits per heavy atom. The van der Waals surface area contributed by atoms with Gasteiger partial charge in [-0.25, -0.2) is 0 Å².